The number of carbonyl (C=O) groups excluding carboxylic acids is 3. The van der Waals surface area contributed by atoms with Gasteiger partial charge in [-0.2, -0.15) is 0 Å². The average molecular weight is 398 g/mol. The number of ether oxygens (including phenoxy) is 1. The second kappa shape index (κ2) is 7.40. The summed E-state index contributed by atoms with van der Waals surface area (Å²) in [7, 11) is 0. The number of nitrogens with zero attached hydrogens (tertiary/aromatic N) is 1. The minimum absolute atomic E-state index is 0.118. The molecule has 1 saturated carbocycles. The lowest BCUT2D eigenvalue weighted by Crippen LogP contribution is -2.30. The Morgan fingerprint density at radius 1 is 0.964 bits per heavy atom. The van der Waals surface area contributed by atoms with Crippen molar-refractivity contribution in [2.45, 2.75) is 26.2 Å². The molecule has 1 aliphatic carbocycles. The first-order chi connectivity index (χ1) is 13.4. The molecule has 3 unspecified atom stereocenters. The Morgan fingerprint density at radius 3 is 2.29 bits per heavy atom. The van der Waals surface area contributed by atoms with Crippen molar-refractivity contribution >= 4 is 35.1 Å². The molecule has 1 aliphatic heterocycles. The van der Waals surface area contributed by atoms with Crippen LogP contribution in [0.15, 0.2) is 48.5 Å². The SMILES string of the molecule is CC1CCC2C(=O)N(c3ccc(OC(=O)c4ccc(Cl)cc4)cc3)C(=O)C2C1. The van der Waals surface area contributed by atoms with E-state index in [9.17, 15) is 14.4 Å². The van der Waals surface area contributed by atoms with Crippen molar-refractivity contribution in [2.75, 3.05) is 4.90 Å². The van der Waals surface area contributed by atoms with Crippen LogP contribution in [-0.2, 0) is 9.59 Å². The van der Waals surface area contributed by atoms with Gasteiger partial charge in [0.2, 0.25) is 11.8 Å². The summed E-state index contributed by atoms with van der Waals surface area (Å²) < 4.78 is 5.35. The number of hydrogen-bond acceptors (Lipinski definition) is 4. The van der Waals surface area contributed by atoms with Crippen LogP contribution >= 0.6 is 11.6 Å². The van der Waals surface area contributed by atoms with Crippen LogP contribution in [0.4, 0.5) is 5.69 Å². The van der Waals surface area contributed by atoms with E-state index >= 15 is 0 Å². The zero-order valence-corrected chi connectivity index (χ0v) is 16.2. The molecule has 4 rings (SSSR count). The normalized spacial score (nSPS) is 24.2. The lowest BCUT2D eigenvalue weighted by molar-refractivity contribution is -0.122. The number of anilines is 1. The summed E-state index contributed by atoms with van der Waals surface area (Å²) in [5, 5.41) is 0.538. The molecule has 2 aliphatic rings. The van der Waals surface area contributed by atoms with E-state index in [1.807, 2.05) is 0 Å². The Bertz CT molecular complexity index is 923. The van der Waals surface area contributed by atoms with Gasteiger partial charge in [0.15, 0.2) is 0 Å². The highest BCUT2D eigenvalue weighted by Crippen LogP contribution is 2.42. The Kier molecular flexibility index (Phi) is 4.94. The molecule has 144 valence electrons. The predicted octanol–water partition coefficient (Wildman–Crippen LogP) is 4.48. The smallest absolute Gasteiger partial charge is 0.343 e. The van der Waals surface area contributed by atoms with Gasteiger partial charge in [-0.15, -0.1) is 0 Å². The molecule has 1 heterocycles. The fourth-order valence-corrected chi connectivity index (χ4v) is 4.19. The van der Waals surface area contributed by atoms with Crippen LogP contribution in [-0.4, -0.2) is 17.8 Å². The predicted molar refractivity (Wildman–Crippen MR) is 105 cm³/mol. The number of imide groups is 1. The molecule has 3 atom stereocenters. The fraction of sp³-hybridized carbons (Fsp3) is 0.318. The summed E-state index contributed by atoms with van der Waals surface area (Å²) in [5.41, 5.74) is 0.903. The largest absolute Gasteiger partial charge is 0.423 e. The Labute approximate surface area is 168 Å². The van der Waals surface area contributed by atoms with Gasteiger partial charge in [0.25, 0.3) is 0 Å². The molecule has 2 aromatic carbocycles. The number of benzene rings is 2. The third kappa shape index (κ3) is 3.42. The highest BCUT2D eigenvalue weighted by molar-refractivity contribution is 6.30. The number of fused-ring (bicyclic) bond motifs is 1. The van der Waals surface area contributed by atoms with E-state index < -0.39 is 5.97 Å². The molecule has 0 spiro atoms. The average Bonchev–Trinajstić information content (AvgIpc) is 2.93. The molecule has 1 saturated heterocycles. The summed E-state index contributed by atoms with van der Waals surface area (Å²) in [6, 6.07) is 12.9. The summed E-state index contributed by atoms with van der Waals surface area (Å²) in [6.45, 7) is 2.13. The molecule has 2 aromatic rings. The topological polar surface area (TPSA) is 63.7 Å². The first-order valence-electron chi connectivity index (χ1n) is 9.39. The number of rotatable bonds is 3. The second-order valence-electron chi connectivity index (χ2n) is 7.53. The molecule has 6 heteroatoms. The maximum Gasteiger partial charge on any atom is 0.343 e. The number of esters is 1. The number of amides is 2. The van der Waals surface area contributed by atoms with Gasteiger partial charge in [-0.1, -0.05) is 18.5 Å². The maximum atomic E-state index is 12.8. The second-order valence-corrected chi connectivity index (χ2v) is 7.97. The molecule has 0 N–H and O–H groups in total. The Morgan fingerprint density at radius 2 is 1.61 bits per heavy atom. The van der Waals surface area contributed by atoms with E-state index in [0.717, 1.165) is 19.3 Å². The highest BCUT2D eigenvalue weighted by atomic mass is 35.5. The first-order valence-corrected chi connectivity index (χ1v) is 9.77. The molecule has 0 radical (unpaired) electrons. The Balaban J connectivity index is 1.49. The van der Waals surface area contributed by atoms with Crippen molar-refractivity contribution in [3.05, 3.63) is 59.1 Å². The van der Waals surface area contributed by atoms with Gasteiger partial charge in [-0.05, 0) is 73.7 Å². The lowest BCUT2D eigenvalue weighted by Gasteiger charge is -2.25. The van der Waals surface area contributed by atoms with Gasteiger partial charge in [-0.3, -0.25) is 14.5 Å². The van der Waals surface area contributed by atoms with Crippen LogP contribution in [0.5, 0.6) is 5.75 Å². The summed E-state index contributed by atoms with van der Waals surface area (Å²) in [6.07, 6.45) is 2.51. The molecule has 2 amide bonds. The van der Waals surface area contributed by atoms with Crippen LogP contribution < -0.4 is 9.64 Å². The summed E-state index contributed by atoms with van der Waals surface area (Å²) >= 11 is 5.82. The van der Waals surface area contributed by atoms with Gasteiger partial charge in [-0.25, -0.2) is 4.79 Å². The van der Waals surface area contributed by atoms with Gasteiger partial charge >= 0.3 is 5.97 Å². The molecule has 0 aromatic heterocycles. The molecule has 2 fully saturated rings. The van der Waals surface area contributed by atoms with Crippen LogP contribution in [0, 0.1) is 17.8 Å². The van der Waals surface area contributed by atoms with Gasteiger partial charge in [0.1, 0.15) is 5.75 Å². The van der Waals surface area contributed by atoms with Gasteiger partial charge < -0.3 is 4.74 Å². The van der Waals surface area contributed by atoms with E-state index in [-0.39, 0.29) is 23.7 Å². The van der Waals surface area contributed by atoms with Crippen molar-refractivity contribution in [3.63, 3.8) is 0 Å². The summed E-state index contributed by atoms with van der Waals surface area (Å²) in [4.78, 5) is 39.0. The van der Waals surface area contributed by atoms with Crippen molar-refractivity contribution in [3.8, 4) is 5.75 Å². The number of halogens is 1. The number of hydrogen-bond donors (Lipinski definition) is 0. The molecule has 5 nitrogen and oxygen atoms in total. The fourth-order valence-electron chi connectivity index (χ4n) is 4.06. The van der Waals surface area contributed by atoms with Gasteiger partial charge in [0, 0.05) is 5.02 Å². The standard InChI is InChI=1S/C22H20ClNO4/c1-13-2-11-18-19(12-13)21(26)24(20(18)25)16-7-9-17(10-8-16)28-22(27)14-3-5-15(23)6-4-14/h3-10,13,18-19H,2,11-12H2,1H3. The van der Waals surface area contributed by atoms with Crippen LogP contribution in [0.1, 0.15) is 36.5 Å². The van der Waals surface area contributed by atoms with Gasteiger partial charge in [0.05, 0.1) is 23.1 Å². The van der Waals surface area contributed by atoms with E-state index in [1.54, 1.807) is 48.5 Å². The van der Waals surface area contributed by atoms with Crippen molar-refractivity contribution in [1.29, 1.82) is 0 Å². The van der Waals surface area contributed by atoms with E-state index in [0.29, 0.717) is 27.9 Å². The number of carbonyl (C=O) groups is 3. The van der Waals surface area contributed by atoms with E-state index in [2.05, 4.69) is 6.92 Å². The minimum Gasteiger partial charge on any atom is -0.423 e. The lowest BCUT2D eigenvalue weighted by atomic mass is 9.76. The van der Waals surface area contributed by atoms with E-state index in [1.165, 1.54) is 4.90 Å². The monoisotopic (exact) mass is 397 g/mol. The zero-order chi connectivity index (χ0) is 19.8. The third-order valence-corrected chi connectivity index (χ3v) is 5.83. The molecular weight excluding hydrogens is 378 g/mol. The maximum absolute atomic E-state index is 12.8. The third-order valence-electron chi connectivity index (χ3n) is 5.57. The minimum atomic E-state index is -0.502. The molecule has 28 heavy (non-hydrogen) atoms. The van der Waals surface area contributed by atoms with Crippen LogP contribution in [0.25, 0.3) is 0 Å². The van der Waals surface area contributed by atoms with Crippen molar-refractivity contribution in [2.24, 2.45) is 17.8 Å². The van der Waals surface area contributed by atoms with Crippen LogP contribution in [0.3, 0.4) is 0 Å². The molecule has 0 bridgehead atoms. The van der Waals surface area contributed by atoms with Crippen LogP contribution in [0.2, 0.25) is 5.02 Å². The van der Waals surface area contributed by atoms with Crippen molar-refractivity contribution in [1.82, 2.24) is 0 Å². The van der Waals surface area contributed by atoms with Crippen molar-refractivity contribution < 1.29 is 19.1 Å². The quantitative estimate of drug-likeness (QED) is 0.435. The summed E-state index contributed by atoms with van der Waals surface area (Å²) in [5.74, 6) is -0.343. The highest BCUT2D eigenvalue weighted by Gasteiger charge is 2.49. The zero-order valence-electron chi connectivity index (χ0n) is 15.4. The Hall–Kier alpha value is -2.66. The van der Waals surface area contributed by atoms with E-state index in [4.69, 9.17) is 16.3 Å². The molecular formula is C22H20ClNO4. The first kappa shape index (κ1) is 18.7.